The van der Waals surface area contributed by atoms with Crippen molar-refractivity contribution in [3.8, 4) is 11.8 Å². The van der Waals surface area contributed by atoms with Crippen molar-refractivity contribution in [2.45, 2.75) is 77.2 Å². The molecule has 3 aromatic rings. The fourth-order valence-electron chi connectivity index (χ4n) is 6.31. The van der Waals surface area contributed by atoms with Crippen LogP contribution in [0.4, 0.5) is 14.9 Å². The van der Waals surface area contributed by atoms with Crippen molar-refractivity contribution < 1.29 is 23.5 Å². The van der Waals surface area contributed by atoms with Gasteiger partial charge in [-0.1, -0.05) is 11.6 Å². The zero-order valence-electron chi connectivity index (χ0n) is 24.5. The summed E-state index contributed by atoms with van der Waals surface area (Å²) in [6.45, 7) is 9.08. The normalized spacial score (nSPS) is 21.3. The van der Waals surface area contributed by atoms with Gasteiger partial charge in [0.2, 0.25) is 0 Å². The maximum absolute atomic E-state index is 15.6. The number of nitrogens with one attached hydrogen (secondary N) is 1. The van der Waals surface area contributed by atoms with Crippen LogP contribution in [-0.4, -0.2) is 75.1 Å². The number of ether oxygens (including phenoxy) is 2. The molecule has 13 heteroatoms. The predicted molar refractivity (Wildman–Crippen MR) is 157 cm³/mol. The van der Waals surface area contributed by atoms with Gasteiger partial charge in [0.25, 0.3) is 5.91 Å². The molecule has 2 unspecified atom stereocenters. The average molecular weight is 610 g/mol. The van der Waals surface area contributed by atoms with Gasteiger partial charge in [-0.15, -0.1) is 10.2 Å². The van der Waals surface area contributed by atoms with Gasteiger partial charge in [0.1, 0.15) is 35.4 Å². The quantitative estimate of drug-likeness (QED) is 0.460. The first-order chi connectivity index (χ1) is 20.5. The Bertz CT molecular complexity index is 1650. The van der Waals surface area contributed by atoms with E-state index >= 15 is 4.39 Å². The zero-order valence-corrected chi connectivity index (χ0v) is 25.2. The fourth-order valence-corrected chi connectivity index (χ4v) is 6.57. The number of aryl methyl sites for hydroxylation is 1. The fraction of sp³-hybridized carbons (Fsp3) is 0.500. The Morgan fingerprint density at radius 1 is 1.23 bits per heavy atom. The molecule has 43 heavy (non-hydrogen) atoms. The number of benzene rings is 1. The van der Waals surface area contributed by atoms with Crippen molar-refractivity contribution in [1.29, 1.82) is 5.26 Å². The number of aromatic nitrogens is 3. The molecule has 3 atom stereocenters. The molecule has 6 rings (SSSR count). The maximum atomic E-state index is 15.6. The van der Waals surface area contributed by atoms with Crippen molar-refractivity contribution in [1.82, 2.24) is 25.0 Å². The smallest absolute Gasteiger partial charge is 0.410 e. The molecular weight excluding hydrogens is 577 g/mol. The van der Waals surface area contributed by atoms with Gasteiger partial charge in [-0.05, 0) is 52.7 Å². The van der Waals surface area contributed by atoms with E-state index in [9.17, 15) is 14.9 Å². The standard InChI is InChI=1S/C30H33ClFN7O4/c1-5-37-14-22(31)19-9-24(35-36-27(19)37)28(40)34-16-8-20-23(32)10-25(21(11-33)26(20)42-15-16)38-12-17-6-7-18(13-38)39(17)29(41)43-30(2,3)4/h9-10,14,16-18H,5-8,12-13,15H2,1-4H3,(H,34,40)/t16-,17?,18?/m1/s1. The number of anilines is 1. The Kier molecular flexibility index (Phi) is 7.32. The summed E-state index contributed by atoms with van der Waals surface area (Å²) in [4.78, 5) is 29.7. The molecular formula is C30H33ClFN7O4. The number of amides is 2. The molecule has 1 aromatic carbocycles. The third-order valence-corrected chi connectivity index (χ3v) is 8.51. The van der Waals surface area contributed by atoms with E-state index in [0.717, 1.165) is 12.8 Å². The monoisotopic (exact) mass is 609 g/mol. The van der Waals surface area contributed by atoms with E-state index in [4.69, 9.17) is 21.1 Å². The lowest BCUT2D eigenvalue weighted by Gasteiger charge is -2.42. The van der Waals surface area contributed by atoms with Gasteiger partial charge < -0.3 is 24.3 Å². The molecule has 0 radical (unpaired) electrons. The minimum Gasteiger partial charge on any atom is -0.490 e. The molecule has 1 N–H and O–H groups in total. The number of nitriles is 1. The largest absolute Gasteiger partial charge is 0.490 e. The second kappa shape index (κ2) is 10.9. The van der Waals surface area contributed by atoms with Crippen molar-refractivity contribution >= 4 is 40.3 Å². The third kappa shape index (κ3) is 5.31. The minimum absolute atomic E-state index is 0.0522. The van der Waals surface area contributed by atoms with Crippen LogP contribution in [0.5, 0.6) is 5.75 Å². The molecule has 3 aliphatic rings. The molecule has 2 saturated heterocycles. The molecule has 11 nitrogen and oxygen atoms in total. The summed E-state index contributed by atoms with van der Waals surface area (Å²) < 4.78 is 29.1. The number of nitrogens with zero attached hydrogens (tertiary/aromatic N) is 6. The highest BCUT2D eigenvalue weighted by molar-refractivity contribution is 6.35. The van der Waals surface area contributed by atoms with Gasteiger partial charge in [-0.2, -0.15) is 5.26 Å². The molecule has 0 aliphatic carbocycles. The highest BCUT2D eigenvalue weighted by Crippen LogP contribution is 2.41. The second-order valence-corrected chi connectivity index (χ2v) is 12.7. The summed E-state index contributed by atoms with van der Waals surface area (Å²) in [5.74, 6) is -0.805. The number of halogens is 2. The second-order valence-electron chi connectivity index (χ2n) is 12.3. The van der Waals surface area contributed by atoms with Crippen molar-refractivity contribution in [2.75, 3.05) is 24.6 Å². The SMILES string of the molecule is CCn1cc(Cl)c2cc(C(=O)N[C@H]3COc4c(C#N)c(N5CC6CCC(C5)N6C(=O)OC(C)(C)C)cc(F)c4C3)nnc21. The van der Waals surface area contributed by atoms with Crippen LogP contribution in [-0.2, 0) is 17.7 Å². The van der Waals surface area contributed by atoms with Crippen LogP contribution in [0, 0.1) is 17.1 Å². The number of carbonyl (C=O) groups excluding carboxylic acids is 2. The maximum Gasteiger partial charge on any atom is 0.410 e. The molecule has 2 amide bonds. The number of carbonyl (C=O) groups is 2. The molecule has 0 spiro atoms. The minimum atomic E-state index is -0.603. The molecule has 3 aliphatic heterocycles. The number of piperazine rings is 1. The number of fused-ring (bicyclic) bond motifs is 4. The number of rotatable bonds is 4. The lowest BCUT2D eigenvalue weighted by Crippen LogP contribution is -2.57. The number of hydrogen-bond acceptors (Lipinski definition) is 8. The van der Waals surface area contributed by atoms with Crippen LogP contribution < -0.4 is 15.0 Å². The number of hydrogen-bond donors (Lipinski definition) is 1. The molecule has 2 aromatic heterocycles. The van der Waals surface area contributed by atoms with Gasteiger partial charge in [0.05, 0.1) is 28.8 Å². The first kappa shape index (κ1) is 29.0. The van der Waals surface area contributed by atoms with Gasteiger partial charge in [-0.25, -0.2) is 9.18 Å². The Balaban J connectivity index is 1.19. The van der Waals surface area contributed by atoms with Crippen molar-refractivity contribution in [2.24, 2.45) is 0 Å². The van der Waals surface area contributed by atoms with E-state index in [0.29, 0.717) is 41.4 Å². The summed E-state index contributed by atoms with van der Waals surface area (Å²) in [7, 11) is 0. The summed E-state index contributed by atoms with van der Waals surface area (Å²) >= 11 is 6.32. The van der Waals surface area contributed by atoms with Gasteiger partial charge in [-0.3, -0.25) is 9.69 Å². The van der Waals surface area contributed by atoms with E-state index in [2.05, 4.69) is 21.6 Å². The van der Waals surface area contributed by atoms with Crippen LogP contribution in [0.2, 0.25) is 5.02 Å². The van der Waals surface area contributed by atoms with Crippen LogP contribution in [0.3, 0.4) is 0 Å². The zero-order chi connectivity index (χ0) is 30.6. The summed E-state index contributed by atoms with van der Waals surface area (Å²) in [6.07, 6.45) is 3.15. The van der Waals surface area contributed by atoms with Crippen molar-refractivity contribution in [3.63, 3.8) is 0 Å². The van der Waals surface area contributed by atoms with Gasteiger partial charge >= 0.3 is 6.09 Å². The first-order valence-electron chi connectivity index (χ1n) is 14.4. The van der Waals surface area contributed by atoms with Gasteiger partial charge in [0, 0.05) is 43.2 Å². The van der Waals surface area contributed by atoms with E-state index < -0.39 is 23.4 Å². The Labute approximate surface area is 253 Å². The summed E-state index contributed by atoms with van der Waals surface area (Å²) in [5, 5.41) is 22.3. The highest BCUT2D eigenvalue weighted by Gasteiger charge is 2.45. The van der Waals surface area contributed by atoms with E-state index in [1.54, 1.807) is 17.2 Å². The Hall–Kier alpha value is -4.11. The summed E-state index contributed by atoms with van der Waals surface area (Å²) in [6, 6.07) is 4.42. The molecule has 226 valence electrons. The molecule has 0 saturated carbocycles. The lowest BCUT2D eigenvalue weighted by molar-refractivity contribution is 0.0123. The Morgan fingerprint density at radius 3 is 2.60 bits per heavy atom. The Morgan fingerprint density at radius 2 is 1.95 bits per heavy atom. The van der Waals surface area contributed by atoms with Crippen LogP contribution >= 0.6 is 11.6 Å². The van der Waals surface area contributed by atoms with E-state index in [1.165, 1.54) is 6.07 Å². The summed E-state index contributed by atoms with van der Waals surface area (Å²) in [5.41, 5.74) is 0.993. The highest BCUT2D eigenvalue weighted by atomic mass is 35.5. The van der Waals surface area contributed by atoms with Crippen molar-refractivity contribution in [3.05, 3.63) is 46.0 Å². The predicted octanol–water partition coefficient (Wildman–Crippen LogP) is 4.44. The van der Waals surface area contributed by atoms with Crippen LogP contribution in [0.25, 0.3) is 11.0 Å². The third-order valence-electron chi connectivity index (χ3n) is 8.21. The van der Waals surface area contributed by atoms with Crippen LogP contribution in [0.1, 0.15) is 62.2 Å². The average Bonchev–Trinajstić information content (AvgIpc) is 3.43. The van der Waals surface area contributed by atoms with E-state index in [-0.39, 0.29) is 53.8 Å². The van der Waals surface area contributed by atoms with Crippen LogP contribution in [0.15, 0.2) is 18.3 Å². The van der Waals surface area contributed by atoms with Gasteiger partial charge in [0.15, 0.2) is 11.3 Å². The molecule has 5 heterocycles. The first-order valence-corrected chi connectivity index (χ1v) is 14.8. The van der Waals surface area contributed by atoms with E-state index in [1.807, 2.05) is 37.2 Å². The lowest BCUT2D eigenvalue weighted by atomic mass is 9.96. The molecule has 2 fully saturated rings. The topological polar surface area (TPSA) is 126 Å². The molecule has 2 bridgehead atoms.